The van der Waals surface area contributed by atoms with Crippen molar-refractivity contribution in [1.82, 2.24) is 20.2 Å². The minimum atomic E-state index is -0.683. The van der Waals surface area contributed by atoms with Gasteiger partial charge in [-0.1, -0.05) is 24.3 Å². The molecule has 1 saturated heterocycles. The zero-order valence-electron chi connectivity index (χ0n) is 20.7. The highest BCUT2D eigenvalue weighted by Gasteiger charge is 2.29. The number of aromatic nitrogens is 2. The van der Waals surface area contributed by atoms with E-state index in [-0.39, 0.29) is 17.6 Å². The molecule has 0 aliphatic carbocycles. The molecule has 190 valence electrons. The molecule has 1 fully saturated rings. The van der Waals surface area contributed by atoms with E-state index in [0.717, 1.165) is 38.2 Å². The molecule has 36 heavy (non-hydrogen) atoms. The lowest BCUT2D eigenvalue weighted by Gasteiger charge is -2.32. The van der Waals surface area contributed by atoms with Gasteiger partial charge >= 0.3 is 0 Å². The number of hydrogen-bond donors (Lipinski definition) is 1. The summed E-state index contributed by atoms with van der Waals surface area (Å²) in [5.41, 5.74) is 1.84. The Kier molecular flexibility index (Phi) is 8.32. The molecule has 0 saturated carbocycles. The van der Waals surface area contributed by atoms with Crippen molar-refractivity contribution in [2.24, 2.45) is 5.92 Å². The maximum atomic E-state index is 13.6. The third kappa shape index (κ3) is 6.28. The lowest BCUT2D eigenvalue weighted by molar-refractivity contribution is -0.127. The van der Waals surface area contributed by atoms with E-state index < -0.39 is 6.04 Å². The molecule has 2 aromatic carbocycles. The Morgan fingerprint density at radius 1 is 1.00 bits per heavy atom. The Balaban J connectivity index is 1.46. The van der Waals surface area contributed by atoms with Crippen LogP contribution in [0.15, 0.2) is 54.6 Å². The van der Waals surface area contributed by atoms with Crippen LogP contribution >= 0.6 is 0 Å². The van der Waals surface area contributed by atoms with E-state index in [0.29, 0.717) is 23.1 Å². The molecule has 0 bridgehead atoms. The third-order valence-corrected chi connectivity index (χ3v) is 6.36. The predicted octanol–water partition coefficient (Wildman–Crippen LogP) is 3.76. The number of likely N-dealkylation sites (tertiary alicyclic amines) is 1. The zero-order valence-corrected chi connectivity index (χ0v) is 20.7. The second-order valence-corrected chi connectivity index (χ2v) is 8.71. The smallest absolute Gasteiger partial charge is 0.224 e. The third-order valence-electron chi connectivity index (χ3n) is 6.36. The van der Waals surface area contributed by atoms with Crippen molar-refractivity contribution in [3.05, 3.63) is 77.4 Å². The van der Waals surface area contributed by atoms with Gasteiger partial charge in [-0.05, 0) is 61.3 Å². The first-order valence-electron chi connectivity index (χ1n) is 11.9. The average Bonchev–Trinajstić information content (AvgIpc) is 2.92. The van der Waals surface area contributed by atoms with Crippen LogP contribution < -0.4 is 19.5 Å². The van der Waals surface area contributed by atoms with Crippen molar-refractivity contribution < 1.29 is 23.4 Å². The fourth-order valence-electron chi connectivity index (χ4n) is 4.35. The molecular weight excluding hydrogens is 463 g/mol. The van der Waals surface area contributed by atoms with E-state index >= 15 is 0 Å². The number of rotatable bonds is 9. The first-order valence-corrected chi connectivity index (χ1v) is 11.9. The van der Waals surface area contributed by atoms with Crippen LogP contribution in [0.5, 0.6) is 17.5 Å². The molecule has 1 aliphatic rings. The van der Waals surface area contributed by atoms with Gasteiger partial charge in [0, 0.05) is 12.5 Å². The number of piperidine rings is 1. The van der Waals surface area contributed by atoms with Crippen molar-refractivity contribution >= 4 is 5.91 Å². The molecule has 4 rings (SSSR count). The van der Waals surface area contributed by atoms with Crippen LogP contribution in [0.1, 0.15) is 35.8 Å². The van der Waals surface area contributed by atoms with Gasteiger partial charge in [-0.3, -0.25) is 9.69 Å². The maximum absolute atomic E-state index is 13.6. The molecular formula is C27H31FN4O4. The second kappa shape index (κ2) is 11.8. The van der Waals surface area contributed by atoms with E-state index in [9.17, 15) is 9.18 Å². The molecule has 0 radical (unpaired) electrons. The van der Waals surface area contributed by atoms with Gasteiger partial charge in [0.15, 0.2) is 5.82 Å². The number of nitrogens with one attached hydrogen (secondary N) is 1. The normalized spacial score (nSPS) is 15.2. The van der Waals surface area contributed by atoms with Gasteiger partial charge in [-0.25, -0.2) is 4.39 Å². The minimum absolute atomic E-state index is 0.0873. The van der Waals surface area contributed by atoms with Gasteiger partial charge in [0.05, 0.1) is 27.4 Å². The quantitative estimate of drug-likeness (QED) is 0.485. The maximum Gasteiger partial charge on any atom is 0.224 e. The van der Waals surface area contributed by atoms with Crippen molar-refractivity contribution in [2.45, 2.75) is 25.4 Å². The van der Waals surface area contributed by atoms with Gasteiger partial charge in [-0.2, -0.15) is 9.97 Å². The van der Waals surface area contributed by atoms with Crippen LogP contribution in [0, 0.1) is 11.7 Å². The van der Waals surface area contributed by atoms with Crippen LogP contribution in [0.25, 0.3) is 0 Å². The summed E-state index contributed by atoms with van der Waals surface area (Å²) in [6.07, 6.45) is 1.46. The Morgan fingerprint density at radius 2 is 1.67 bits per heavy atom. The summed E-state index contributed by atoms with van der Waals surface area (Å²) in [5, 5.41) is 3.09. The summed E-state index contributed by atoms with van der Waals surface area (Å²) in [6.45, 7) is 2.42. The molecule has 1 aliphatic heterocycles. The summed E-state index contributed by atoms with van der Waals surface area (Å²) in [5.74, 6) is 1.16. The number of nitrogens with zero attached hydrogens (tertiary/aromatic N) is 3. The number of ether oxygens (including phenoxy) is 3. The Morgan fingerprint density at radius 3 is 2.28 bits per heavy atom. The van der Waals surface area contributed by atoms with E-state index in [1.165, 1.54) is 31.9 Å². The van der Waals surface area contributed by atoms with E-state index in [2.05, 4.69) is 26.3 Å². The second-order valence-electron chi connectivity index (χ2n) is 8.71. The first-order chi connectivity index (χ1) is 17.5. The number of amides is 1. The van der Waals surface area contributed by atoms with E-state index in [1.807, 2.05) is 18.2 Å². The number of carbonyl (C=O) groups excluding carboxylic acids is 1. The van der Waals surface area contributed by atoms with Crippen LogP contribution in [0.3, 0.4) is 0 Å². The molecule has 1 amide bonds. The van der Waals surface area contributed by atoms with E-state index in [4.69, 9.17) is 14.2 Å². The van der Waals surface area contributed by atoms with Gasteiger partial charge in [0.25, 0.3) is 0 Å². The van der Waals surface area contributed by atoms with Crippen LogP contribution in [-0.2, 0) is 11.3 Å². The molecule has 8 nitrogen and oxygen atoms in total. The minimum Gasteiger partial charge on any atom is -0.497 e. The topological polar surface area (TPSA) is 85.8 Å². The number of methoxy groups -OCH3 is 3. The number of halogens is 1. The van der Waals surface area contributed by atoms with Gasteiger partial charge in [0.2, 0.25) is 17.7 Å². The van der Waals surface area contributed by atoms with Gasteiger partial charge in [0.1, 0.15) is 17.6 Å². The lowest BCUT2D eigenvalue weighted by atomic mass is 9.94. The Bertz CT molecular complexity index is 1140. The van der Waals surface area contributed by atoms with Gasteiger partial charge in [-0.15, -0.1) is 0 Å². The molecule has 3 aromatic rings. The predicted molar refractivity (Wildman–Crippen MR) is 133 cm³/mol. The summed E-state index contributed by atoms with van der Waals surface area (Å²) < 4.78 is 29.5. The number of benzene rings is 2. The van der Waals surface area contributed by atoms with Crippen LogP contribution in [0.4, 0.5) is 4.39 Å². The largest absolute Gasteiger partial charge is 0.497 e. The number of carbonyl (C=O) groups is 1. The molecule has 1 unspecified atom stereocenters. The molecule has 1 atom stereocenters. The van der Waals surface area contributed by atoms with Crippen LogP contribution in [-0.4, -0.2) is 55.2 Å². The summed E-state index contributed by atoms with van der Waals surface area (Å²) in [7, 11) is 4.65. The Hall–Kier alpha value is -3.72. The van der Waals surface area contributed by atoms with Gasteiger partial charge < -0.3 is 19.5 Å². The average molecular weight is 495 g/mol. The highest BCUT2D eigenvalue weighted by Crippen LogP contribution is 2.27. The van der Waals surface area contributed by atoms with Crippen molar-refractivity contribution in [3.63, 3.8) is 0 Å². The van der Waals surface area contributed by atoms with Crippen LogP contribution in [0.2, 0.25) is 0 Å². The molecule has 1 N–H and O–H groups in total. The fourth-order valence-corrected chi connectivity index (χ4v) is 4.35. The molecule has 9 heteroatoms. The van der Waals surface area contributed by atoms with Crippen molar-refractivity contribution in [3.8, 4) is 17.5 Å². The van der Waals surface area contributed by atoms with Crippen molar-refractivity contribution in [1.29, 1.82) is 0 Å². The Labute approximate surface area is 210 Å². The SMILES string of the molecule is COc1cccc(CN2CCC(C(=O)NC(c3ccc(F)cc3)c3nc(OC)cc(OC)n3)CC2)c1. The fraction of sp³-hybridized carbons (Fsp3) is 0.370. The molecule has 1 aromatic heterocycles. The summed E-state index contributed by atoms with van der Waals surface area (Å²) in [6, 6.07) is 14.8. The monoisotopic (exact) mass is 494 g/mol. The lowest BCUT2D eigenvalue weighted by Crippen LogP contribution is -2.41. The molecule has 2 heterocycles. The standard InChI is InChI=1S/C27H31FN4O4/c1-34-22-6-4-5-18(15-22)17-32-13-11-20(12-14-32)27(33)31-25(19-7-9-21(28)10-8-19)26-29-23(35-2)16-24(30-26)36-3/h4-10,15-16,20,25H,11-14,17H2,1-3H3,(H,31,33). The van der Waals surface area contributed by atoms with Crippen molar-refractivity contribution in [2.75, 3.05) is 34.4 Å². The molecule has 0 spiro atoms. The first kappa shape index (κ1) is 25.4. The highest BCUT2D eigenvalue weighted by molar-refractivity contribution is 5.79. The highest BCUT2D eigenvalue weighted by atomic mass is 19.1. The summed E-state index contributed by atoms with van der Waals surface area (Å²) in [4.78, 5) is 24.5. The summed E-state index contributed by atoms with van der Waals surface area (Å²) >= 11 is 0. The number of hydrogen-bond acceptors (Lipinski definition) is 7. The van der Waals surface area contributed by atoms with E-state index in [1.54, 1.807) is 25.3 Å². The zero-order chi connectivity index (χ0) is 25.5.